The molecule has 4 rings (SSSR count). The third-order valence-electron chi connectivity index (χ3n) is 5.35. The lowest BCUT2D eigenvalue weighted by molar-refractivity contribution is -0.134. The molecule has 27 heavy (non-hydrogen) atoms. The maximum atomic E-state index is 13.1. The summed E-state index contributed by atoms with van der Waals surface area (Å²) < 4.78 is 2.06. The third kappa shape index (κ3) is 3.20. The number of aryl methyl sites for hydroxylation is 1. The van der Waals surface area contributed by atoms with Crippen LogP contribution in [0.4, 0.5) is 0 Å². The first kappa shape index (κ1) is 17.3. The van der Waals surface area contributed by atoms with Crippen molar-refractivity contribution in [3.8, 4) is 0 Å². The van der Waals surface area contributed by atoms with Crippen molar-refractivity contribution in [3.05, 3.63) is 53.5 Å². The number of benzene rings is 1. The molecule has 2 amide bonds. The first-order valence-corrected chi connectivity index (χ1v) is 9.22. The van der Waals surface area contributed by atoms with Gasteiger partial charge in [-0.15, -0.1) is 0 Å². The van der Waals surface area contributed by atoms with Crippen LogP contribution in [0, 0.1) is 0 Å². The van der Waals surface area contributed by atoms with E-state index in [0.717, 1.165) is 41.4 Å². The number of carbonyl (C=O) groups excluding carboxylic acids is 2. The lowest BCUT2D eigenvalue weighted by atomic mass is 9.98. The molecule has 1 unspecified atom stereocenters. The van der Waals surface area contributed by atoms with Gasteiger partial charge in [0.1, 0.15) is 5.69 Å². The van der Waals surface area contributed by atoms with Gasteiger partial charge in [0.2, 0.25) is 5.91 Å². The molecule has 0 bridgehead atoms. The Labute approximate surface area is 157 Å². The summed E-state index contributed by atoms with van der Waals surface area (Å²) in [5, 5.41) is 7.97. The fourth-order valence-electron chi connectivity index (χ4n) is 4.02. The minimum absolute atomic E-state index is 0.0891. The highest BCUT2D eigenvalue weighted by molar-refractivity contribution is 5.91. The van der Waals surface area contributed by atoms with Gasteiger partial charge in [0.15, 0.2) is 0 Å². The number of H-pyrrole nitrogens is 1. The summed E-state index contributed by atoms with van der Waals surface area (Å²) >= 11 is 0. The van der Waals surface area contributed by atoms with Crippen molar-refractivity contribution in [1.29, 1.82) is 0 Å². The van der Waals surface area contributed by atoms with Gasteiger partial charge in [0.05, 0.1) is 18.2 Å². The fraction of sp³-hybridized carbons (Fsp3) is 0.350. The molecule has 140 valence electrons. The molecule has 0 saturated carbocycles. The Morgan fingerprint density at radius 2 is 2.11 bits per heavy atom. The van der Waals surface area contributed by atoms with Crippen LogP contribution in [-0.4, -0.2) is 38.0 Å². The number of nitrogens with two attached hydrogens (primary N) is 1. The molecule has 0 aliphatic carbocycles. The Hall–Kier alpha value is -3.09. The number of rotatable bonds is 4. The highest BCUT2D eigenvalue weighted by Gasteiger charge is 2.30. The summed E-state index contributed by atoms with van der Waals surface area (Å²) in [5.41, 5.74) is 8.44. The van der Waals surface area contributed by atoms with Crippen molar-refractivity contribution in [2.45, 2.75) is 31.7 Å². The monoisotopic (exact) mass is 365 g/mol. The Morgan fingerprint density at radius 1 is 1.30 bits per heavy atom. The number of fused-ring (bicyclic) bond motifs is 1. The molecule has 1 aliphatic rings. The Balaban J connectivity index is 1.59. The summed E-state index contributed by atoms with van der Waals surface area (Å²) in [6.45, 7) is 0.708. The summed E-state index contributed by atoms with van der Waals surface area (Å²) in [6.07, 6.45) is 5.25. The van der Waals surface area contributed by atoms with Gasteiger partial charge in [-0.2, -0.15) is 5.10 Å². The number of amides is 2. The number of para-hydroxylation sites is 1. The number of nitrogens with one attached hydrogen (secondary N) is 1. The molecule has 1 atom stereocenters. The van der Waals surface area contributed by atoms with E-state index in [0.29, 0.717) is 13.0 Å². The molecule has 1 aromatic carbocycles. The van der Waals surface area contributed by atoms with Gasteiger partial charge in [0.25, 0.3) is 5.91 Å². The zero-order valence-corrected chi connectivity index (χ0v) is 15.3. The molecule has 3 heterocycles. The number of piperidine rings is 1. The Kier molecular flexibility index (Phi) is 4.43. The molecule has 0 radical (unpaired) electrons. The zero-order valence-electron chi connectivity index (χ0n) is 15.3. The van der Waals surface area contributed by atoms with E-state index >= 15 is 0 Å². The first-order valence-electron chi connectivity index (χ1n) is 9.22. The van der Waals surface area contributed by atoms with Crippen LogP contribution >= 0.6 is 0 Å². The van der Waals surface area contributed by atoms with E-state index in [2.05, 4.69) is 26.9 Å². The van der Waals surface area contributed by atoms with Crippen molar-refractivity contribution in [1.82, 2.24) is 19.7 Å². The van der Waals surface area contributed by atoms with Gasteiger partial charge in [-0.3, -0.25) is 14.7 Å². The molecule has 3 aromatic rings. The number of likely N-dealkylation sites (tertiary alicyclic amines) is 1. The van der Waals surface area contributed by atoms with Crippen molar-refractivity contribution in [3.63, 3.8) is 0 Å². The molecule has 7 heteroatoms. The van der Waals surface area contributed by atoms with Gasteiger partial charge in [-0.1, -0.05) is 18.2 Å². The topological polar surface area (TPSA) is 97.0 Å². The van der Waals surface area contributed by atoms with Crippen molar-refractivity contribution >= 4 is 22.7 Å². The van der Waals surface area contributed by atoms with E-state index in [1.165, 1.54) is 0 Å². The van der Waals surface area contributed by atoms with E-state index in [1.54, 1.807) is 6.07 Å². The number of aromatic amines is 1. The quantitative estimate of drug-likeness (QED) is 0.742. The predicted molar refractivity (Wildman–Crippen MR) is 102 cm³/mol. The van der Waals surface area contributed by atoms with Gasteiger partial charge >= 0.3 is 0 Å². The summed E-state index contributed by atoms with van der Waals surface area (Å²) in [4.78, 5) is 26.4. The third-order valence-corrected chi connectivity index (χ3v) is 5.35. The number of nitrogens with zero attached hydrogens (tertiary/aromatic N) is 3. The van der Waals surface area contributed by atoms with E-state index in [9.17, 15) is 9.59 Å². The SMILES string of the molecule is Cn1cc(CC(=O)N2CCCCC2c2cc(C(N)=O)n[nH]2)c2ccccc21. The molecule has 1 aliphatic heterocycles. The largest absolute Gasteiger partial charge is 0.364 e. The minimum Gasteiger partial charge on any atom is -0.364 e. The van der Waals surface area contributed by atoms with E-state index in [4.69, 9.17) is 5.73 Å². The lowest BCUT2D eigenvalue weighted by Gasteiger charge is -2.35. The van der Waals surface area contributed by atoms with Crippen molar-refractivity contribution in [2.75, 3.05) is 6.54 Å². The summed E-state index contributed by atoms with van der Waals surface area (Å²) in [5.74, 6) is -0.479. The Bertz CT molecular complexity index is 1000. The maximum absolute atomic E-state index is 13.1. The van der Waals surface area contributed by atoms with Gasteiger partial charge in [-0.25, -0.2) is 0 Å². The second-order valence-corrected chi connectivity index (χ2v) is 7.13. The van der Waals surface area contributed by atoms with Crippen LogP contribution in [0.2, 0.25) is 0 Å². The van der Waals surface area contributed by atoms with E-state index < -0.39 is 5.91 Å². The van der Waals surface area contributed by atoms with Crippen LogP contribution in [-0.2, 0) is 18.3 Å². The molecule has 7 nitrogen and oxygen atoms in total. The minimum atomic E-state index is -0.568. The smallest absolute Gasteiger partial charge is 0.269 e. The van der Waals surface area contributed by atoms with E-state index in [1.807, 2.05) is 30.3 Å². The predicted octanol–water partition coefficient (Wildman–Crippen LogP) is 2.30. The average Bonchev–Trinajstić information content (AvgIpc) is 3.28. The normalized spacial score (nSPS) is 17.4. The van der Waals surface area contributed by atoms with Crippen LogP contribution < -0.4 is 5.73 Å². The zero-order chi connectivity index (χ0) is 19.0. The lowest BCUT2D eigenvalue weighted by Crippen LogP contribution is -2.39. The number of aromatic nitrogens is 3. The second kappa shape index (κ2) is 6.90. The maximum Gasteiger partial charge on any atom is 0.269 e. The first-order chi connectivity index (χ1) is 13.0. The standard InChI is InChI=1S/C20H23N5O2/c1-24-12-13(14-6-2-3-7-17(14)24)10-19(26)25-9-5-4-8-18(25)15-11-16(20(21)27)23-22-15/h2-3,6-7,11-12,18H,4-5,8-10H2,1H3,(H2,21,27)(H,22,23). The van der Waals surface area contributed by atoms with Gasteiger partial charge in [0, 0.05) is 30.7 Å². The van der Waals surface area contributed by atoms with Crippen LogP contribution in [0.5, 0.6) is 0 Å². The Morgan fingerprint density at radius 3 is 2.89 bits per heavy atom. The van der Waals surface area contributed by atoms with Crippen LogP contribution in [0.15, 0.2) is 36.5 Å². The number of carbonyl (C=O) groups is 2. The van der Waals surface area contributed by atoms with Crippen LogP contribution in [0.25, 0.3) is 10.9 Å². The van der Waals surface area contributed by atoms with Crippen molar-refractivity contribution in [2.24, 2.45) is 12.8 Å². The van der Waals surface area contributed by atoms with Crippen molar-refractivity contribution < 1.29 is 9.59 Å². The number of hydrogen-bond acceptors (Lipinski definition) is 3. The van der Waals surface area contributed by atoms with E-state index in [-0.39, 0.29) is 17.6 Å². The molecular formula is C20H23N5O2. The molecule has 3 N–H and O–H groups in total. The summed E-state index contributed by atoms with van der Waals surface area (Å²) in [7, 11) is 2.00. The van der Waals surface area contributed by atoms with Gasteiger partial charge in [-0.05, 0) is 37.0 Å². The fourth-order valence-corrected chi connectivity index (χ4v) is 4.02. The molecule has 1 fully saturated rings. The molecular weight excluding hydrogens is 342 g/mol. The molecule has 2 aromatic heterocycles. The number of primary amides is 1. The second-order valence-electron chi connectivity index (χ2n) is 7.13. The van der Waals surface area contributed by atoms with Crippen LogP contribution in [0.3, 0.4) is 0 Å². The molecule has 0 spiro atoms. The molecule has 1 saturated heterocycles. The van der Waals surface area contributed by atoms with Gasteiger partial charge < -0.3 is 15.2 Å². The number of hydrogen-bond donors (Lipinski definition) is 2. The average molecular weight is 365 g/mol. The highest BCUT2D eigenvalue weighted by Crippen LogP contribution is 2.31. The van der Waals surface area contributed by atoms with Crippen LogP contribution in [0.1, 0.15) is 47.1 Å². The summed E-state index contributed by atoms with van der Waals surface area (Å²) in [6, 6.07) is 9.68. The highest BCUT2D eigenvalue weighted by atomic mass is 16.2.